The zero-order chi connectivity index (χ0) is 7.56. The van der Waals surface area contributed by atoms with Crippen LogP contribution in [0.25, 0.3) is 0 Å². The van der Waals surface area contributed by atoms with Gasteiger partial charge in [0.2, 0.25) is 0 Å². The van der Waals surface area contributed by atoms with E-state index in [1.54, 1.807) is 6.92 Å². The van der Waals surface area contributed by atoms with Crippen LogP contribution >= 0.6 is 0 Å². The fourth-order valence-electron chi connectivity index (χ4n) is 1.06. The molecule has 0 spiro atoms. The Morgan fingerprint density at radius 1 is 1.90 bits per heavy atom. The number of β-amino-alcohol motifs (C(OH)–C–C–N with tert-alkyl or cyclic N) is 1. The van der Waals surface area contributed by atoms with Crippen LogP contribution in [0, 0.1) is 5.92 Å². The third kappa shape index (κ3) is 1.99. The van der Waals surface area contributed by atoms with Crippen molar-refractivity contribution in [3.05, 3.63) is 0 Å². The van der Waals surface area contributed by atoms with E-state index in [1.807, 2.05) is 11.2 Å². The van der Waals surface area contributed by atoms with E-state index in [-0.39, 0.29) is 6.10 Å². The first kappa shape index (κ1) is 7.54. The van der Waals surface area contributed by atoms with Crippen molar-refractivity contribution in [1.82, 2.24) is 5.01 Å². The topological polar surface area (TPSA) is 35.8 Å². The van der Waals surface area contributed by atoms with Crippen LogP contribution in [0.4, 0.5) is 0 Å². The van der Waals surface area contributed by atoms with Crippen LogP contribution in [0.1, 0.15) is 13.8 Å². The minimum Gasteiger partial charge on any atom is -0.392 e. The van der Waals surface area contributed by atoms with Gasteiger partial charge in [-0.2, -0.15) is 5.10 Å². The Morgan fingerprint density at radius 3 is 3.00 bits per heavy atom. The van der Waals surface area contributed by atoms with Crippen LogP contribution in [0.3, 0.4) is 0 Å². The smallest absolute Gasteiger partial charge is 0.0703 e. The fourth-order valence-corrected chi connectivity index (χ4v) is 1.06. The molecule has 0 amide bonds. The van der Waals surface area contributed by atoms with E-state index in [0.717, 1.165) is 6.54 Å². The SMILES string of the molecule is C[C@@H](O)CN1C[C@@H](C)C=N1. The van der Waals surface area contributed by atoms with Gasteiger partial charge in [0.05, 0.1) is 12.6 Å². The number of aliphatic hydroxyl groups is 1. The second-order valence-corrected chi connectivity index (χ2v) is 2.96. The Kier molecular flexibility index (Phi) is 2.27. The van der Waals surface area contributed by atoms with Gasteiger partial charge in [-0.1, -0.05) is 6.92 Å². The molecule has 1 aliphatic heterocycles. The third-order valence-corrected chi connectivity index (χ3v) is 1.46. The summed E-state index contributed by atoms with van der Waals surface area (Å²) in [5.41, 5.74) is 0. The van der Waals surface area contributed by atoms with Crippen LogP contribution in [-0.4, -0.2) is 35.5 Å². The molecule has 10 heavy (non-hydrogen) atoms. The molecule has 1 heterocycles. The average Bonchev–Trinajstić information content (AvgIpc) is 2.13. The molecule has 2 atom stereocenters. The Labute approximate surface area is 61.3 Å². The molecule has 0 fully saturated rings. The number of hydrogen-bond acceptors (Lipinski definition) is 3. The first-order chi connectivity index (χ1) is 4.68. The van der Waals surface area contributed by atoms with Gasteiger partial charge in [-0.25, -0.2) is 0 Å². The summed E-state index contributed by atoms with van der Waals surface area (Å²) in [4.78, 5) is 0. The van der Waals surface area contributed by atoms with Crippen molar-refractivity contribution >= 4 is 6.21 Å². The molecule has 0 radical (unpaired) electrons. The second-order valence-electron chi connectivity index (χ2n) is 2.96. The van der Waals surface area contributed by atoms with Crippen molar-refractivity contribution in [2.75, 3.05) is 13.1 Å². The van der Waals surface area contributed by atoms with Crippen molar-refractivity contribution in [3.63, 3.8) is 0 Å². The van der Waals surface area contributed by atoms with Crippen LogP contribution in [0.15, 0.2) is 5.10 Å². The minimum absolute atomic E-state index is 0.276. The predicted octanol–water partition coefficient (Wildman–Crippen LogP) is 0.305. The van der Waals surface area contributed by atoms with Crippen molar-refractivity contribution in [1.29, 1.82) is 0 Å². The van der Waals surface area contributed by atoms with Gasteiger partial charge in [-0.3, -0.25) is 5.01 Å². The van der Waals surface area contributed by atoms with E-state index in [4.69, 9.17) is 5.11 Å². The summed E-state index contributed by atoms with van der Waals surface area (Å²) in [5, 5.41) is 15.0. The summed E-state index contributed by atoms with van der Waals surface area (Å²) in [5.74, 6) is 0.541. The lowest BCUT2D eigenvalue weighted by Gasteiger charge is -2.15. The molecule has 58 valence electrons. The highest BCUT2D eigenvalue weighted by molar-refractivity contribution is 5.61. The largest absolute Gasteiger partial charge is 0.392 e. The van der Waals surface area contributed by atoms with Gasteiger partial charge in [0.25, 0.3) is 0 Å². The minimum atomic E-state index is -0.276. The number of rotatable bonds is 2. The van der Waals surface area contributed by atoms with Gasteiger partial charge in [-0.05, 0) is 6.92 Å². The summed E-state index contributed by atoms with van der Waals surface area (Å²) in [6.07, 6.45) is 1.64. The molecule has 1 aliphatic rings. The van der Waals surface area contributed by atoms with E-state index >= 15 is 0 Å². The predicted molar refractivity (Wildman–Crippen MR) is 40.9 cm³/mol. The molecule has 1 rings (SSSR count). The van der Waals surface area contributed by atoms with Crippen LogP contribution in [0.5, 0.6) is 0 Å². The van der Waals surface area contributed by atoms with Gasteiger partial charge in [0.1, 0.15) is 0 Å². The van der Waals surface area contributed by atoms with Crippen molar-refractivity contribution in [3.8, 4) is 0 Å². The molecular weight excluding hydrogens is 128 g/mol. The monoisotopic (exact) mass is 142 g/mol. The molecule has 1 N–H and O–H groups in total. The Bertz CT molecular complexity index is 134. The number of hydrazone groups is 1. The Hall–Kier alpha value is -0.570. The highest BCUT2D eigenvalue weighted by atomic mass is 16.3. The fraction of sp³-hybridized carbons (Fsp3) is 0.857. The Morgan fingerprint density at radius 2 is 2.60 bits per heavy atom. The molecule has 3 heteroatoms. The average molecular weight is 142 g/mol. The molecule has 0 aromatic heterocycles. The molecule has 0 saturated heterocycles. The van der Waals surface area contributed by atoms with E-state index in [2.05, 4.69) is 12.0 Å². The molecular formula is C7H14N2O. The lowest BCUT2D eigenvalue weighted by atomic mass is 10.2. The van der Waals surface area contributed by atoms with Gasteiger partial charge in [-0.15, -0.1) is 0 Å². The number of hydrogen-bond donors (Lipinski definition) is 1. The highest BCUT2D eigenvalue weighted by Crippen LogP contribution is 2.06. The molecule has 0 bridgehead atoms. The van der Waals surface area contributed by atoms with Crippen LogP contribution in [-0.2, 0) is 0 Å². The van der Waals surface area contributed by atoms with Gasteiger partial charge in [0, 0.05) is 18.7 Å². The summed E-state index contributed by atoms with van der Waals surface area (Å²) in [6.45, 7) is 5.50. The standard InChI is InChI=1S/C7H14N2O/c1-6-3-8-9(4-6)5-7(2)10/h3,6-7,10H,4-5H2,1-2H3/t6-,7+/m0/s1. The van der Waals surface area contributed by atoms with E-state index < -0.39 is 0 Å². The number of nitrogens with zero attached hydrogens (tertiary/aromatic N) is 2. The van der Waals surface area contributed by atoms with E-state index in [1.165, 1.54) is 0 Å². The molecule has 0 aromatic rings. The molecule has 0 saturated carbocycles. The molecule has 0 aromatic carbocycles. The summed E-state index contributed by atoms with van der Waals surface area (Å²) in [6, 6.07) is 0. The first-order valence-corrected chi connectivity index (χ1v) is 3.65. The van der Waals surface area contributed by atoms with Gasteiger partial charge >= 0.3 is 0 Å². The van der Waals surface area contributed by atoms with Crippen LogP contribution in [0.2, 0.25) is 0 Å². The first-order valence-electron chi connectivity index (χ1n) is 3.65. The quantitative estimate of drug-likeness (QED) is 0.602. The maximum Gasteiger partial charge on any atom is 0.0703 e. The maximum atomic E-state index is 8.98. The van der Waals surface area contributed by atoms with Crippen molar-refractivity contribution in [2.24, 2.45) is 11.0 Å². The van der Waals surface area contributed by atoms with Gasteiger partial charge < -0.3 is 5.11 Å². The summed E-state index contributed by atoms with van der Waals surface area (Å²) >= 11 is 0. The Balaban J connectivity index is 2.26. The third-order valence-electron chi connectivity index (χ3n) is 1.46. The van der Waals surface area contributed by atoms with E-state index in [9.17, 15) is 0 Å². The zero-order valence-corrected chi connectivity index (χ0v) is 6.49. The zero-order valence-electron chi connectivity index (χ0n) is 6.49. The van der Waals surface area contributed by atoms with E-state index in [0.29, 0.717) is 12.5 Å². The number of aliphatic hydroxyl groups excluding tert-OH is 1. The molecule has 0 unspecified atom stereocenters. The van der Waals surface area contributed by atoms with Gasteiger partial charge in [0.15, 0.2) is 0 Å². The maximum absolute atomic E-state index is 8.98. The summed E-state index contributed by atoms with van der Waals surface area (Å²) < 4.78 is 0. The molecule has 3 nitrogen and oxygen atoms in total. The van der Waals surface area contributed by atoms with Crippen LogP contribution < -0.4 is 0 Å². The second kappa shape index (κ2) is 3.01. The highest BCUT2D eigenvalue weighted by Gasteiger charge is 2.13. The summed E-state index contributed by atoms with van der Waals surface area (Å²) in [7, 11) is 0. The van der Waals surface area contributed by atoms with Crippen molar-refractivity contribution < 1.29 is 5.11 Å². The normalized spacial score (nSPS) is 27.5. The van der Waals surface area contributed by atoms with Crippen molar-refractivity contribution in [2.45, 2.75) is 20.0 Å². The lowest BCUT2D eigenvalue weighted by Crippen LogP contribution is -2.25. The lowest BCUT2D eigenvalue weighted by molar-refractivity contribution is 0.132. The molecule has 0 aliphatic carbocycles.